The minimum absolute atomic E-state index is 0.255. The second-order valence-corrected chi connectivity index (χ2v) is 4.03. The lowest BCUT2D eigenvalue weighted by Gasteiger charge is -2.17. The molecule has 0 aromatic heterocycles. The molecule has 0 heterocycles. The van der Waals surface area contributed by atoms with Crippen molar-refractivity contribution in [3.63, 3.8) is 0 Å². The molecule has 0 atom stereocenters. The Labute approximate surface area is 110 Å². The maximum atomic E-state index is 12.8. The van der Waals surface area contributed by atoms with Gasteiger partial charge in [0.05, 0.1) is 11.6 Å². The molecular weight excluding hydrogens is 243 g/mol. The third-order valence-electron chi connectivity index (χ3n) is 2.76. The highest BCUT2D eigenvalue weighted by molar-refractivity contribution is 6.05. The van der Waals surface area contributed by atoms with Crippen LogP contribution in [-0.2, 0) is 0 Å². The first kappa shape index (κ1) is 12.8. The summed E-state index contributed by atoms with van der Waals surface area (Å²) in [6, 6.07) is 14.1. The van der Waals surface area contributed by atoms with Crippen LogP contribution in [0.15, 0.2) is 48.5 Å². The van der Waals surface area contributed by atoms with Gasteiger partial charge in [0.15, 0.2) is 0 Å². The molecule has 4 heteroatoms. The van der Waals surface area contributed by atoms with Crippen LogP contribution in [0.2, 0.25) is 0 Å². The summed E-state index contributed by atoms with van der Waals surface area (Å²) in [4.78, 5) is 13.6. The van der Waals surface area contributed by atoms with Crippen LogP contribution in [0.5, 0.6) is 0 Å². The summed E-state index contributed by atoms with van der Waals surface area (Å²) in [6.07, 6.45) is 0. The van der Waals surface area contributed by atoms with E-state index in [9.17, 15) is 9.18 Å². The average molecular weight is 254 g/mol. The maximum absolute atomic E-state index is 12.8. The third kappa shape index (κ3) is 2.78. The van der Waals surface area contributed by atoms with E-state index >= 15 is 0 Å². The van der Waals surface area contributed by atoms with E-state index in [2.05, 4.69) is 0 Å². The van der Waals surface area contributed by atoms with Gasteiger partial charge in [-0.3, -0.25) is 4.79 Å². The van der Waals surface area contributed by atoms with Gasteiger partial charge in [-0.1, -0.05) is 6.07 Å². The van der Waals surface area contributed by atoms with Gasteiger partial charge in [-0.2, -0.15) is 5.26 Å². The number of amides is 1. The van der Waals surface area contributed by atoms with Gasteiger partial charge in [-0.25, -0.2) is 4.39 Å². The zero-order chi connectivity index (χ0) is 13.8. The zero-order valence-electron chi connectivity index (χ0n) is 10.3. The van der Waals surface area contributed by atoms with Gasteiger partial charge in [0.25, 0.3) is 5.91 Å². The van der Waals surface area contributed by atoms with Crippen molar-refractivity contribution in [3.8, 4) is 6.07 Å². The molecule has 94 valence electrons. The van der Waals surface area contributed by atoms with E-state index in [1.54, 1.807) is 31.3 Å². The lowest BCUT2D eigenvalue weighted by Crippen LogP contribution is -2.26. The Balaban J connectivity index is 2.28. The highest BCUT2D eigenvalue weighted by Gasteiger charge is 2.13. The fourth-order valence-electron chi connectivity index (χ4n) is 1.69. The van der Waals surface area contributed by atoms with Crippen LogP contribution >= 0.6 is 0 Å². The number of benzene rings is 2. The highest BCUT2D eigenvalue weighted by Crippen LogP contribution is 2.17. The summed E-state index contributed by atoms with van der Waals surface area (Å²) in [7, 11) is 1.61. The number of hydrogen-bond acceptors (Lipinski definition) is 2. The van der Waals surface area contributed by atoms with Gasteiger partial charge >= 0.3 is 0 Å². The highest BCUT2D eigenvalue weighted by atomic mass is 19.1. The fraction of sp³-hybridized carbons (Fsp3) is 0.0667. The molecule has 0 N–H and O–H groups in total. The quantitative estimate of drug-likeness (QED) is 0.827. The zero-order valence-corrected chi connectivity index (χ0v) is 10.3. The van der Waals surface area contributed by atoms with Crippen molar-refractivity contribution in [1.82, 2.24) is 0 Å². The lowest BCUT2D eigenvalue weighted by molar-refractivity contribution is 0.0993. The smallest absolute Gasteiger partial charge is 0.258 e. The number of carbonyl (C=O) groups is 1. The first-order chi connectivity index (χ1) is 9.11. The molecule has 3 nitrogen and oxygen atoms in total. The molecule has 0 radical (unpaired) electrons. The van der Waals surface area contributed by atoms with Crippen molar-refractivity contribution in [2.24, 2.45) is 0 Å². The second kappa shape index (κ2) is 5.32. The minimum Gasteiger partial charge on any atom is -0.311 e. The molecule has 0 bridgehead atoms. The summed E-state index contributed by atoms with van der Waals surface area (Å²) in [5.41, 5.74) is 1.50. The molecule has 0 aliphatic rings. The number of halogens is 1. The molecule has 0 saturated heterocycles. The van der Waals surface area contributed by atoms with Crippen molar-refractivity contribution < 1.29 is 9.18 Å². The van der Waals surface area contributed by atoms with Gasteiger partial charge in [-0.15, -0.1) is 0 Å². The Kier molecular flexibility index (Phi) is 3.58. The Hall–Kier alpha value is -2.67. The summed E-state index contributed by atoms with van der Waals surface area (Å²) in [5.74, 6) is -0.638. The normalized spacial score (nSPS) is 9.74. The molecule has 1 amide bonds. The molecule has 19 heavy (non-hydrogen) atoms. The van der Waals surface area contributed by atoms with Crippen molar-refractivity contribution in [2.75, 3.05) is 11.9 Å². The van der Waals surface area contributed by atoms with Crippen LogP contribution in [0, 0.1) is 17.1 Å². The topological polar surface area (TPSA) is 44.1 Å². The number of hydrogen-bond donors (Lipinski definition) is 0. The van der Waals surface area contributed by atoms with Crippen LogP contribution in [0.25, 0.3) is 0 Å². The number of anilines is 1. The van der Waals surface area contributed by atoms with Crippen molar-refractivity contribution in [3.05, 3.63) is 65.5 Å². The molecule has 0 aliphatic heterocycles. The van der Waals surface area contributed by atoms with Crippen LogP contribution in [0.1, 0.15) is 15.9 Å². The Morgan fingerprint density at radius 2 is 1.89 bits per heavy atom. The third-order valence-corrected chi connectivity index (χ3v) is 2.76. The SMILES string of the molecule is CN(C(=O)c1ccc(F)cc1)c1cccc(C#N)c1. The summed E-state index contributed by atoms with van der Waals surface area (Å²) >= 11 is 0. The predicted molar refractivity (Wildman–Crippen MR) is 70.3 cm³/mol. The molecule has 0 spiro atoms. The van der Waals surface area contributed by atoms with Gasteiger partial charge in [0.1, 0.15) is 5.82 Å². The van der Waals surface area contributed by atoms with Crippen molar-refractivity contribution >= 4 is 11.6 Å². The van der Waals surface area contributed by atoms with Crippen molar-refractivity contribution in [1.29, 1.82) is 5.26 Å². The number of rotatable bonds is 2. The number of nitrogens with zero attached hydrogens (tertiary/aromatic N) is 2. The molecule has 2 aromatic carbocycles. The van der Waals surface area contributed by atoms with E-state index in [4.69, 9.17) is 5.26 Å². The molecule has 0 saturated carbocycles. The first-order valence-electron chi connectivity index (χ1n) is 5.65. The van der Waals surface area contributed by atoms with Gasteiger partial charge in [-0.05, 0) is 42.5 Å². The Morgan fingerprint density at radius 3 is 2.53 bits per heavy atom. The van der Waals surface area contributed by atoms with Gasteiger partial charge < -0.3 is 4.90 Å². The monoisotopic (exact) mass is 254 g/mol. The minimum atomic E-state index is -0.384. The first-order valence-corrected chi connectivity index (χ1v) is 5.65. The number of carbonyl (C=O) groups excluding carboxylic acids is 1. The van der Waals surface area contributed by atoms with Gasteiger partial charge in [0, 0.05) is 18.3 Å². The average Bonchev–Trinajstić information content (AvgIpc) is 2.46. The molecule has 0 aliphatic carbocycles. The van der Waals surface area contributed by atoms with Gasteiger partial charge in [0.2, 0.25) is 0 Å². The molecule has 2 rings (SSSR count). The van der Waals surface area contributed by atoms with E-state index in [1.165, 1.54) is 29.2 Å². The summed E-state index contributed by atoms with van der Waals surface area (Å²) in [5, 5.41) is 8.83. The standard InChI is InChI=1S/C15H11FN2O/c1-18(14-4-2-3-11(9-14)10-17)15(19)12-5-7-13(16)8-6-12/h2-9H,1H3. The van der Waals surface area contributed by atoms with Crippen LogP contribution < -0.4 is 4.90 Å². The molecular formula is C15H11FN2O. The van der Waals surface area contributed by atoms with E-state index in [-0.39, 0.29) is 11.7 Å². The second-order valence-electron chi connectivity index (χ2n) is 4.03. The lowest BCUT2D eigenvalue weighted by atomic mass is 10.1. The van der Waals surface area contributed by atoms with E-state index in [1.807, 2.05) is 6.07 Å². The van der Waals surface area contributed by atoms with E-state index < -0.39 is 0 Å². The predicted octanol–water partition coefficient (Wildman–Crippen LogP) is 2.97. The van der Waals surface area contributed by atoms with E-state index in [0.29, 0.717) is 16.8 Å². The van der Waals surface area contributed by atoms with Crippen LogP contribution in [0.4, 0.5) is 10.1 Å². The van der Waals surface area contributed by atoms with Crippen molar-refractivity contribution in [2.45, 2.75) is 0 Å². The largest absolute Gasteiger partial charge is 0.311 e. The van der Waals surface area contributed by atoms with Crippen LogP contribution in [0.3, 0.4) is 0 Å². The molecule has 2 aromatic rings. The number of nitriles is 1. The van der Waals surface area contributed by atoms with E-state index in [0.717, 1.165) is 0 Å². The maximum Gasteiger partial charge on any atom is 0.258 e. The Morgan fingerprint density at radius 1 is 1.21 bits per heavy atom. The fourth-order valence-corrected chi connectivity index (χ4v) is 1.69. The summed E-state index contributed by atoms with van der Waals surface area (Å²) < 4.78 is 12.8. The summed E-state index contributed by atoms with van der Waals surface area (Å²) in [6.45, 7) is 0. The Bertz CT molecular complexity index is 644. The molecule has 0 unspecified atom stereocenters. The molecule has 0 fully saturated rings. The van der Waals surface area contributed by atoms with Crippen LogP contribution in [-0.4, -0.2) is 13.0 Å².